The lowest BCUT2D eigenvalue weighted by Crippen LogP contribution is -2.34. The number of alkyl halides is 3. The molecule has 2 heterocycles. The van der Waals surface area contributed by atoms with E-state index in [0.29, 0.717) is 0 Å². The number of aliphatic hydroxyl groups excluding tert-OH is 2. The largest absolute Gasteiger partial charge is 0.433 e. The van der Waals surface area contributed by atoms with Crippen LogP contribution in [-0.2, 0) is 6.18 Å². The lowest BCUT2D eigenvalue weighted by molar-refractivity contribution is -0.141. The number of pyridine rings is 1. The fourth-order valence-corrected chi connectivity index (χ4v) is 2.24. The number of nitrogens with zero attached hydrogens (tertiary/aromatic N) is 3. The second kappa shape index (κ2) is 5.26. The monoisotopic (exact) mass is 287 g/mol. The van der Waals surface area contributed by atoms with E-state index in [1.54, 1.807) is 6.07 Å². The number of aromatic nitrogens is 1. The van der Waals surface area contributed by atoms with Crippen LogP contribution in [0.25, 0.3) is 0 Å². The molecule has 0 bridgehead atoms. The van der Waals surface area contributed by atoms with Gasteiger partial charge in [-0.1, -0.05) is 0 Å². The zero-order valence-corrected chi connectivity index (χ0v) is 10.3. The molecular weight excluding hydrogens is 275 g/mol. The molecule has 0 aromatic carbocycles. The van der Waals surface area contributed by atoms with Crippen LogP contribution in [0.5, 0.6) is 0 Å². The number of anilines is 1. The molecule has 0 unspecified atom stereocenters. The Hall–Kier alpha value is -1.85. The minimum atomic E-state index is -4.62. The Morgan fingerprint density at radius 2 is 2.15 bits per heavy atom. The maximum Gasteiger partial charge on any atom is 0.433 e. The number of halogens is 3. The highest BCUT2D eigenvalue weighted by Gasteiger charge is 2.37. The van der Waals surface area contributed by atoms with E-state index in [1.165, 1.54) is 4.90 Å². The van der Waals surface area contributed by atoms with Gasteiger partial charge in [0, 0.05) is 6.54 Å². The number of hydrogen-bond donors (Lipinski definition) is 2. The van der Waals surface area contributed by atoms with Gasteiger partial charge in [-0.25, -0.2) is 4.98 Å². The van der Waals surface area contributed by atoms with Gasteiger partial charge in [0.2, 0.25) is 0 Å². The molecule has 1 aromatic heterocycles. The fourth-order valence-electron chi connectivity index (χ4n) is 2.24. The van der Waals surface area contributed by atoms with Crippen LogP contribution >= 0.6 is 0 Å². The van der Waals surface area contributed by atoms with Gasteiger partial charge in [-0.2, -0.15) is 18.4 Å². The molecule has 2 rings (SSSR count). The Labute approximate surface area is 112 Å². The van der Waals surface area contributed by atoms with E-state index < -0.39 is 24.0 Å². The molecule has 2 N–H and O–H groups in total. The molecule has 1 aliphatic heterocycles. The van der Waals surface area contributed by atoms with E-state index >= 15 is 0 Å². The smallest absolute Gasteiger partial charge is 0.394 e. The third-order valence-corrected chi connectivity index (χ3v) is 3.16. The van der Waals surface area contributed by atoms with Crippen LogP contribution in [0.4, 0.5) is 19.0 Å². The van der Waals surface area contributed by atoms with Crippen LogP contribution in [0.1, 0.15) is 17.7 Å². The van der Waals surface area contributed by atoms with Crippen molar-refractivity contribution in [2.75, 3.05) is 18.1 Å². The molecule has 8 heteroatoms. The van der Waals surface area contributed by atoms with E-state index in [4.69, 9.17) is 5.26 Å². The number of nitriles is 1. The van der Waals surface area contributed by atoms with Crippen LogP contribution in [-0.4, -0.2) is 40.5 Å². The van der Waals surface area contributed by atoms with Crippen molar-refractivity contribution in [2.45, 2.75) is 24.7 Å². The Balaban J connectivity index is 2.46. The molecule has 1 fully saturated rings. The first-order valence-corrected chi connectivity index (χ1v) is 5.90. The van der Waals surface area contributed by atoms with Crippen LogP contribution < -0.4 is 4.90 Å². The molecule has 0 amide bonds. The number of β-amino-alcohol motifs (C(OH)–C–C–N with tert-alkyl or cyclic N) is 1. The standard InChI is InChI=1S/C12H12F3N3O2/c13-12(14,15)10-2-1-7(4-16)11(17-10)18-5-9(20)3-8(18)6-19/h1-2,8-9,19-20H,3,5-6H2/t8-,9+/m0/s1. The number of aliphatic hydroxyl groups is 2. The van der Waals surface area contributed by atoms with Crippen molar-refractivity contribution >= 4 is 5.82 Å². The van der Waals surface area contributed by atoms with Gasteiger partial charge < -0.3 is 15.1 Å². The zero-order valence-electron chi connectivity index (χ0n) is 10.3. The first-order chi connectivity index (χ1) is 9.36. The Bertz CT molecular complexity index is 542. The van der Waals surface area contributed by atoms with E-state index in [-0.39, 0.29) is 31.0 Å². The Morgan fingerprint density at radius 3 is 2.70 bits per heavy atom. The van der Waals surface area contributed by atoms with Gasteiger partial charge in [-0.3, -0.25) is 0 Å². The summed E-state index contributed by atoms with van der Waals surface area (Å²) < 4.78 is 38.1. The minimum absolute atomic E-state index is 0.0226. The molecule has 1 saturated heterocycles. The molecule has 0 saturated carbocycles. The lowest BCUT2D eigenvalue weighted by atomic mass is 10.2. The molecule has 0 radical (unpaired) electrons. The van der Waals surface area contributed by atoms with E-state index in [0.717, 1.165) is 12.1 Å². The number of hydrogen-bond acceptors (Lipinski definition) is 5. The predicted molar refractivity (Wildman–Crippen MR) is 62.8 cm³/mol. The Kier molecular flexibility index (Phi) is 3.83. The fraction of sp³-hybridized carbons (Fsp3) is 0.500. The van der Waals surface area contributed by atoms with Crippen molar-refractivity contribution in [1.29, 1.82) is 5.26 Å². The minimum Gasteiger partial charge on any atom is -0.394 e. The van der Waals surface area contributed by atoms with E-state index in [1.807, 2.05) is 0 Å². The van der Waals surface area contributed by atoms with Crippen molar-refractivity contribution in [3.8, 4) is 6.07 Å². The quantitative estimate of drug-likeness (QED) is 0.845. The Morgan fingerprint density at radius 1 is 1.45 bits per heavy atom. The maximum absolute atomic E-state index is 12.7. The van der Waals surface area contributed by atoms with Gasteiger partial charge in [-0.15, -0.1) is 0 Å². The molecule has 1 aliphatic rings. The molecular formula is C12H12F3N3O2. The van der Waals surface area contributed by atoms with Crippen LogP contribution in [0.3, 0.4) is 0 Å². The highest BCUT2D eigenvalue weighted by atomic mass is 19.4. The van der Waals surface area contributed by atoms with Gasteiger partial charge in [0.25, 0.3) is 0 Å². The molecule has 20 heavy (non-hydrogen) atoms. The topological polar surface area (TPSA) is 80.4 Å². The first-order valence-electron chi connectivity index (χ1n) is 5.90. The van der Waals surface area contributed by atoms with Crippen molar-refractivity contribution in [2.24, 2.45) is 0 Å². The van der Waals surface area contributed by atoms with Crippen molar-refractivity contribution in [3.05, 3.63) is 23.4 Å². The molecule has 0 aliphatic carbocycles. The third kappa shape index (κ3) is 2.69. The van der Waals surface area contributed by atoms with E-state index in [9.17, 15) is 23.4 Å². The highest BCUT2D eigenvalue weighted by molar-refractivity contribution is 5.56. The molecule has 2 atom stereocenters. The summed E-state index contributed by atoms with van der Waals surface area (Å²) in [6.45, 7) is -0.298. The van der Waals surface area contributed by atoms with Crippen molar-refractivity contribution in [3.63, 3.8) is 0 Å². The second-order valence-electron chi connectivity index (χ2n) is 4.56. The summed E-state index contributed by atoms with van der Waals surface area (Å²) in [4.78, 5) is 4.83. The summed E-state index contributed by atoms with van der Waals surface area (Å²) >= 11 is 0. The van der Waals surface area contributed by atoms with Crippen LogP contribution in [0, 0.1) is 11.3 Å². The summed E-state index contributed by atoms with van der Waals surface area (Å²) in [6.07, 6.45) is -5.16. The average Bonchev–Trinajstić information content (AvgIpc) is 2.78. The second-order valence-corrected chi connectivity index (χ2v) is 4.56. The molecule has 108 valence electrons. The van der Waals surface area contributed by atoms with Gasteiger partial charge >= 0.3 is 6.18 Å². The SMILES string of the molecule is N#Cc1ccc(C(F)(F)F)nc1N1C[C@H](O)C[C@H]1CO. The molecule has 1 aromatic rings. The first kappa shape index (κ1) is 14.6. The molecule has 5 nitrogen and oxygen atoms in total. The van der Waals surface area contributed by atoms with Gasteiger partial charge in [0.15, 0.2) is 0 Å². The average molecular weight is 287 g/mol. The van der Waals surface area contributed by atoms with Crippen molar-refractivity contribution in [1.82, 2.24) is 4.98 Å². The summed E-state index contributed by atoms with van der Waals surface area (Å²) in [5, 5.41) is 27.8. The summed E-state index contributed by atoms with van der Waals surface area (Å²) in [5.41, 5.74) is -1.13. The highest BCUT2D eigenvalue weighted by Crippen LogP contribution is 2.32. The van der Waals surface area contributed by atoms with Gasteiger partial charge in [-0.05, 0) is 18.6 Å². The van der Waals surface area contributed by atoms with Gasteiger partial charge in [0.05, 0.1) is 24.3 Å². The lowest BCUT2D eigenvalue weighted by Gasteiger charge is -2.25. The van der Waals surface area contributed by atoms with Crippen LogP contribution in [0.2, 0.25) is 0 Å². The normalized spacial score (nSPS) is 22.9. The zero-order chi connectivity index (χ0) is 14.9. The summed E-state index contributed by atoms with van der Waals surface area (Å²) in [6, 6.07) is 3.01. The van der Waals surface area contributed by atoms with E-state index in [2.05, 4.69) is 4.98 Å². The van der Waals surface area contributed by atoms with Crippen molar-refractivity contribution < 1.29 is 23.4 Å². The summed E-state index contributed by atoms with van der Waals surface area (Å²) in [5.74, 6) is -0.155. The number of rotatable bonds is 2. The molecule has 0 spiro atoms. The van der Waals surface area contributed by atoms with Gasteiger partial charge in [0.1, 0.15) is 17.6 Å². The predicted octanol–water partition coefficient (Wildman–Crippen LogP) is 0.904. The third-order valence-electron chi connectivity index (χ3n) is 3.16. The summed E-state index contributed by atoms with van der Waals surface area (Å²) in [7, 11) is 0. The van der Waals surface area contributed by atoms with Crippen LogP contribution in [0.15, 0.2) is 12.1 Å². The maximum atomic E-state index is 12.7.